The largest absolute Gasteiger partial charge is 0.464 e. The second kappa shape index (κ2) is 10.9. The molecule has 2 heterocycles. The molecule has 7 nitrogen and oxygen atoms in total. The summed E-state index contributed by atoms with van der Waals surface area (Å²) in [5, 5.41) is 4.39. The van der Waals surface area contributed by atoms with Gasteiger partial charge in [-0.2, -0.15) is 18.3 Å². The van der Waals surface area contributed by atoms with E-state index in [1.807, 2.05) is 0 Å². The Labute approximate surface area is 237 Å². The summed E-state index contributed by atoms with van der Waals surface area (Å²) in [7, 11) is 0. The Morgan fingerprint density at radius 1 is 1.15 bits per heavy atom. The number of hydrogen-bond donors (Lipinski definition) is 0. The molecule has 1 aliphatic carbocycles. The lowest BCUT2D eigenvalue weighted by Gasteiger charge is -2.40. The van der Waals surface area contributed by atoms with Crippen molar-refractivity contribution in [2.75, 3.05) is 6.61 Å². The summed E-state index contributed by atoms with van der Waals surface area (Å²) in [6, 6.07) is 8.76. The van der Waals surface area contributed by atoms with Gasteiger partial charge in [-0.3, -0.25) is 19.2 Å². The number of hydrogen-bond acceptors (Lipinski definition) is 6. The van der Waals surface area contributed by atoms with E-state index in [2.05, 4.69) is 5.10 Å². The molecule has 2 aromatic carbocycles. The van der Waals surface area contributed by atoms with Gasteiger partial charge in [0.25, 0.3) is 11.1 Å². The van der Waals surface area contributed by atoms with Gasteiger partial charge in [-0.1, -0.05) is 43.0 Å². The van der Waals surface area contributed by atoms with Crippen LogP contribution in [0.5, 0.6) is 0 Å². The molecule has 210 valence electrons. The zero-order chi connectivity index (χ0) is 28.7. The van der Waals surface area contributed by atoms with Gasteiger partial charge in [-0.25, -0.2) is 4.79 Å². The van der Waals surface area contributed by atoms with E-state index in [-0.39, 0.29) is 28.6 Å². The van der Waals surface area contributed by atoms with E-state index in [0.717, 1.165) is 29.1 Å². The van der Waals surface area contributed by atoms with Crippen molar-refractivity contribution >= 4 is 57.5 Å². The number of alkyl halides is 3. The monoisotopic (exact) mass is 591 g/mol. The normalized spacial score (nSPS) is 18.6. The molecular formula is C28H25ClF3N3O4S. The lowest BCUT2D eigenvalue weighted by Crippen LogP contribution is -2.58. The number of thioether (sulfide) groups is 1. The molecule has 3 aromatic rings. The van der Waals surface area contributed by atoms with E-state index in [9.17, 15) is 27.6 Å². The van der Waals surface area contributed by atoms with Crippen LogP contribution >= 0.6 is 23.4 Å². The minimum Gasteiger partial charge on any atom is -0.464 e. The van der Waals surface area contributed by atoms with Gasteiger partial charge in [0.05, 0.1) is 35.3 Å². The zero-order valence-electron chi connectivity index (χ0n) is 21.5. The Balaban J connectivity index is 1.42. The molecule has 0 bridgehead atoms. The molecule has 0 atom stereocenters. The molecule has 5 rings (SSSR count). The van der Waals surface area contributed by atoms with E-state index < -0.39 is 34.4 Å². The number of imide groups is 1. The van der Waals surface area contributed by atoms with Gasteiger partial charge in [0.15, 0.2) is 0 Å². The number of fused-ring (bicyclic) bond motifs is 1. The summed E-state index contributed by atoms with van der Waals surface area (Å²) < 4.78 is 47.4. The van der Waals surface area contributed by atoms with Crippen molar-refractivity contribution in [1.29, 1.82) is 0 Å². The maximum absolute atomic E-state index is 13.6. The SMILES string of the molecule is CCOC(=O)C1(N2C(=O)S/C(=C\c3ccc4c(cnn4Cc4ccc(Cl)cc4C(F)(F)F)c3)C2=O)CCCCC1. The standard InChI is InChI=1S/C28H25ClF3N3O4S/c1-2-39-25(37)27(10-4-3-5-11-27)35-24(36)23(40-26(35)38)13-17-6-9-22-19(12-17)15-33-34(22)16-18-7-8-20(29)14-21(18)28(30,31)32/h6-9,12-15H,2-5,10-11,16H2,1H3/b23-13-. The van der Waals surface area contributed by atoms with Gasteiger partial charge < -0.3 is 4.74 Å². The minimum absolute atomic E-state index is 0.00730. The van der Waals surface area contributed by atoms with E-state index in [1.54, 1.807) is 31.2 Å². The van der Waals surface area contributed by atoms with Crippen LogP contribution in [0, 0.1) is 0 Å². The summed E-state index contributed by atoms with van der Waals surface area (Å²) in [5.41, 5.74) is -0.898. The zero-order valence-corrected chi connectivity index (χ0v) is 23.0. The van der Waals surface area contributed by atoms with Crippen LogP contribution in [-0.2, 0) is 27.0 Å². The third-order valence-electron chi connectivity index (χ3n) is 7.22. The first kappa shape index (κ1) is 28.2. The number of ether oxygens (including phenoxy) is 1. The molecule has 0 N–H and O–H groups in total. The molecule has 0 spiro atoms. The minimum atomic E-state index is -4.57. The summed E-state index contributed by atoms with van der Waals surface area (Å²) in [6.07, 6.45) is 1.60. The second-order valence-corrected chi connectivity index (χ2v) is 11.2. The van der Waals surface area contributed by atoms with Gasteiger partial charge in [0, 0.05) is 10.4 Å². The smallest absolute Gasteiger partial charge is 0.416 e. The van der Waals surface area contributed by atoms with Gasteiger partial charge in [-0.15, -0.1) is 0 Å². The lowest BCUT2D eigenvalue weighted by atomic mass is 9.80. The van der Waals surface area contributed by atoms with Gasteiger partial charge in [0.2, 0.25) is 0 Å². The summed E-state index contributed by atoms with van der Waals surface area (Å²) >= 11 is 6.57. The number of rotatable bonds is 6. The van der Waals surface area contributed by atoms with Crippen LogP contribution in [0.15, 0.2) is 47.5 Å². The first-order chi connectivity index (χ1) is 19.0. The highest BCUT2D eigenvalue weighted by Gasteiger charge is 2.55. The van der Waals surface area contributed by atoms with E-state index in [1.165, 1.54) is 23.0 Å². The van der Waals surface area contributed by atoms with Crippen molar-refractivity contribution in [2.24, 2.45) is 0 Å². The van der Waals surface area contributed by atoms with Crippen LogP contribution < -0.4 is 0 Å². The molecule has 1 saturated carbocycles. The van der Waals surface area contributed by atoms with Gasteiger partial charge in [-0.05, 0) is 73.0 Å². The number of aromatic nitrogens is 2. The maximum Gasteiger partial charge on any atom is 0.416 e. The van der Waals surface area contributed by atoms with Crippen LogP contribution in [0.25, 0.3) is 17.0 Å². The van der Waals surface area contributed by atoms with Crippen LogP contribution in [0.1, 0.15) is 55.7 Å². The Morgan fingerprint density at radius 3 is 2.60 bits per heavy atom. The summed E-state index contributed by atoms with van der Waals surface area (Å²) in [4.78, 5) is 40.7. The van der Waals surface area contributed by atoms with E-state index in [0.29, 0.717) is 42.1 Å². The molecule has 12 heteroatoms. The fourth-order valence-corrected chi connectivity index (χ4v) is 6.43. The van der Waals surface area contributed by atoms with Gasteiger partial charge in [0.1, 0.15) is 5.54 Å². The highest BCUT2D eigenvalue weighted by Crippen LogP contribution is 2.44. The first-order valence-electron chi connectivity index (χ1n) is 12.8. The molecule has 1 aromatic heterocycles. The number of carbonyl (C=O) groups is 3. The molecule has 1 saturated heterocycles. The topological polar surface area (TPSA) is 81.5 Å². The van der Waals surface area contributed by atoms with Crippen molar-refractivity contribution in [1.82, 2.24) is 14.7 Å². The predicted octanol–water partition coefficient (Wildman–Crippen LogP) is 7.06. The molecule has 40 heavy (non-hydrogen) atoms. The number of esters is 1. The molecule has 2 amide bonds. The summed E-state index contributed by atoms with van der Waals surface area (Å²) in [6.45, 7) is 1.71. The van der Waals surface area contributed by atoms with Crippen LogP contribution in [0.3, 0.4) is 0 Å². The van der Waals surface area contributed by atoms with E-state index >= 15 is 0 Å². The van der Waals surface area contributed by atoms with Crippen molar-refractivity contribution in [2.45, 2.75) is 57.3 Å². The van der Waals surface area contributed by atoms with Crippen molar-refractivity contribution in [3.63, 3.8) is 0 Å². The summed E-state index contributed by atoms with van der Waals surface area (Å²) in [5.74, 6) is -1.09. The van der Waals surface area contributed by atoms with Crippen LogP contribution in [0.4, 0.5) is 18.0 Å². The van der Waals surface area contributed by atoms with Crippen LogP contribution in [0.2, 0.25) is 5.02 Å². The highest BCUT2D eigenvalue weighted by atomic mass is 35.5. The Kier molecular flexibility index (Phi) is 7.71. The fraction of sp³-hybridized carbons (Fsp3) is 0.357. The molecule has 1 aliphatic heterocycles. The number of carbonyl (C=O) groups excluding carboxylic acids is 3. The average molecular weight is 592 g/mol. The molecule has 0 radical (unpaired) electrons. The third kappa shape index (κ3) is 5.24. The molecule has 2 fully saturated rings. The Morgan fingerprint density at radius 2 is 1.90 bits per heavy atom. The molecule has 0 unspecified atom stereocenters. The third-order valence-corrected chi connectivity index (χ3v) is 8.32. The predicted molar refractivity (Wildman–Crippen MR) is 146 cm³/mol. The van der Waals surface area contributed by atoms with Gasteiger partial charge >= 0.3 is 12.1 Å². The van der Waals surface area contributed by atoms with Crippen molar-refractivity contribution in [3.05, 3.63) is 69.2 Å². The Bertz CT molecular complexity index is 1530. The maximum atomic E-state index is 13.6. The number of halogens is 4. The quantitative estimate of drug-likeness (QED) is 0.225. The van der Waals surface area contributed by atoms with Crippen LogP contribution in [-0.4, -0.2) is 43.9 Å². The Hall–Kier alpha value is -3.31. The van der Waals surface area contributed by atoms with Crippen molar-refractivity contribution in [3.8, 4) is 0 Å². The number of amides is 2. The fourth-order valence-electron chi connectivity index (χ4n) is 5.34. The number of benzene rings is 2. The molecule has 2 aliphatic rings. The van der Waals surface area contributed by atoms with E-state index in [4.69, 9.17) is 16.3 Å². The molecular weight excluding hydrogens is 567 g/mol. The van der Waals surface area contributed by atoms with Crippen molar-refractivity contribution < 1.29 is 32.3 Å². The lowest BCUT2D eigenvalue weighted by molar-refractivity contribution is -0.161. The second-order valence-electron chi connectivity index (χ2n) is 9.75. The highest BCUT2D eigenvalue weighted by molar-refractivity contribution is 8.18. The average Bonchev–Trinajstić information content (AvgIpc) is 3.44. The first-order valence-corrected chi connectivity index (χ1v) is 14.0. The number of nitrogens with zero attached hydrogens (tertiary/aromatic N) is 3.